The lowest BCUT2D eigenvalue weighted by molar-refractivity contribution is -0.605. The third-order valence-corrected chi connectivity index (χ3v) is 1.62. The lowest BCUT2D eigenvalue weighted by atomic mass is 10.3. The van der Waals surface area contributed by atoms with Crippen molar-refractivity contribution in [1.29, 1.82) is 0 Å². The van der Waals surface area contributed by atoms with Gasteiger partial charge >= 0.3 is 6.09 Å². The molecule has 1 aromatic heterocycles. The number of hydrogen-bond acceptors (Lipinski definition) is 3. The Labute approximate surface area is 88.3 Å². The highest BCUT2D eigenvalue weighted by Crippen LogP contribution is 1.94. The number of aromatic nitrogens is 1. The summed E-state index contributed by atoms with van der Waals surface area (Å²) in [7, 11) is 0. The van der Waals surface area contributed by atoms with Gasteiger partial charge in [0.2, 0.25) is 0 Å². The fourth-order valence-corrected chi connectivity index (χ4v) is 1.04. The Kier molecular flexibility index (Phi) is 3.91. The van der Waals surface area contributed by atoms with Crippen molar-refractivity contribution < 1.29 is 14.3 Å². The van der Waals surface area contributed by atoms with Gasteiger partial charge in [-0.3, -0.25) is 0 Å². The van der Waals surface area contributed by atoms with E-state index in [9.17, 15) is 10.0 Å². The van der Waals surface area contributed by atoms with Gasteiger partial charge in [0.1, 0.15) is 0 Å². The van der Waals surface area contributed by atoms with Gasteiger partial charge in [0, 0.05) is 11.6 Å². The second-order valence-corrected chi connectivity index (χ2v) is 3.38. The zero-order chi connectivity index (χ0) is 11.3. The first-order chi connectivity index (χ1) is 7.08. The smallest absolute Gasteiger partial charge is 0.407 e. The predicted molar refractivity (Wildman–Crippen MR) is 53.9 cm³/mol. The molecule has 15 heavy (non-hydrogen) atoms. The monoisotopic (exact) mass is 210 g/mol. The summed E-state index contributed by atoms with van der Waals surface area (Å²) >= 11 is 0. The molecule has 0 spiro atoms. The molecule has 0 aliphatic rings. The van der Waals surface area contributed by atoms with Crippen LogP contribution < -0.4 is 10.0 Å². The Morgan fingerprint density at radius 1 is 1.67 bits per heavy atom. The molecule has 1 amide bonds. The van der Waals surface area contributed by atoms with E-state index < -0.39 is 6.09 Å². The molecule has 0 radical (unpaired) electrons. The molecule has 0 saturated carbocycles. The van der Waals surface area contributed by atoms with Crippen LogP contribution in [0.1, 0.15) is 19.4 Å². The fraction of sp³-hybridized carbons (Fsp3) is 0.400. The first-order valence-electron chi connectivity index (χ1n) is 4.70. The minimum absolute atomic E-state index is 0.148. The van der Waals surface area contributed by atoms with Crippen LogP contribution >= 0.6 is 0 Å². The Morgan fingerprint density at radius 2 is 2.40 bits per heavy atom. The molecule has 5 nitrogen and oxygen atoms in total. The van der Waals surface area contributed by atoms with Crippen molar-refractivity contribution in [3.8, 4) is 0 Å². The van der Waals surface area contributed by atoms with Crippen LogP contribution in [-0.2, 0) is 11.3 Å². The highest BCUT2D eigenvalue weighted by molar-refractivity contribution is 5.67. The molecule has 0 saturated heterocycles. The van der Waals surface area contributed by atoms with Gasteiger partial charge < -0.3 is 15.3 Å². The van der Waals surface area contributed by atoms with Crippen molar-refractivity contribution in [3.05, 3.63) is 35.3 Å². The van der Waals surface area contributed by atoms with E-state index in [0.29, 0.717) is 4.73 Å². The summed E-state index contributed by atoms with van der Waals surface area (Å²) in [4.78, 5) is 11.1. The third-order valence-electron chi connectivity index (χ3n) is 1.62. The van der Waals surface area contributed by atoms with Crippen LogP contribution in [0, 0.1) is 5.21 Å². The fourth-order valence-electron chi connectivity index (χ4n) is 1.04. The van der Waals surface area contributed by atoms with Crippen LogP contribution in [0.4, 0.5) is 4.79 Å². The maximum absolute atomic E-state index is 11.1. The van der Waals surface area contributed by atoms with Crippen molar-refractivity contribution in [3.63, 3.8) is 0 Å². The van der Waals surface area contributed by atoms with E-state index >= 15 is 0 Å². The maximum atomic E-state index is 11.1. The van der Waals surface area contributed by atoms with E-state index in [2.05, 4.69) is 5.32 Å². The first kappa shape index (κ1) is 11.3. The van der Waals surface area contributed by atoms with Crippen molar-refractivity contribution in [2.45, 2.75) is 26.5 Å². The zero-order valence-electron chi connectivity index (χ0n) is 8.77. The third kappa shape index (κ3) is 4.30. The van der Waals surface area contributed by atoms with Crippen LogP contribution in [-0.4, -0.2) is 12.2 Å². The van der Waals surface area contributed by atoms with Crippen molar-refractivity contribution in [1.82, 2.24) is 5.32 Å². The number of amides is 1. The van der Waals surface area contributed by atoms with Gasteiger partial charge in [0.15, 0.2) is 12.4 Å². The number of nitrogens with zero attached hydrogens (tertiary/aromatic N) is 1. The van der Waals surface area contributed by atoms with Gasteiger partial charge in [0.05, 0.1) is 12.6 Å². The summed E-state index contributed by atoms with van der Waals surface area (Å²) in [6, 6.07) is 3.38. The molecule has 0 aliphatic heterocycles. The molecule has 1 heterocycles. The summed E-state index contributed by atoms with van der Waals surface area (Å²) in [5, 5.41) is 13.4. The number of ether oxygens (including phenoxy) is 1. The number of pyridine rings is 1. The number of nitrogens with one attached hydrogen (secondary N) is 1. The number of rotatable bonds is 3. The molecular weight excluding hydrogens is 196 g/mol. The van der Waals surface area contributed by atoms with Crippen molar-refractivity contribution in [2.75, 3.05) is 0 Å². The molecule has 0 aromatic carbocycles. The molecule has 1 N–H and O–H groups in total. The topological polar surface area (TPSA) is 65.3 Å². The average Bonchev–Trinajstić information content (AvgIpc) is 2.14. The van der Waals surface area contributed by atoms with E-state index in [-0.39, 0.29) is 12.6 Å². The molecule has 0 atom stereocenters. The summed E-state index contributed by atoms with van der Waals surface area (Å²) in [6.07, 6.45) is 2.16. The number of alkyl carbamates (subject to hydrolysis) is 1. The van der Waals surface area contributed by atoms with E-state index in [1.807, 2.05) is 0 Å². The van der Waals surface area contributed by atoms with Crippen LogP contribution in [0.25, 0.3) is 0 Å². The van der Waals surface area contributed by atoms with Gasteiger partial charge in [0.25, 0.3) is 0 Å². The Hall–Kier alpha value is -1.78. The Balaban J connectivity index is 2.40. The van der Waals surface area contributed by atoms with Crippen molar-refractivity contribution in [2.24, 2.45) is 0 Å². The summed E-state index contributed by atoms with van der Waals surface area (Å²) in [5.74, 6) is 0. The Morgan fingerprint density at radius 3 is 3.00 bits per heavy atom. The minimum Gasteiger partial charge on any atom is -0.619 e. The molecule has 1 aromatic rings. The van der Waals surface area contributed by atoms with Gasteiger partial charge in [-0.25, -0.2) is 4.79 Å². The lowest BCUT2D eigenvalue weighted by Crippen LogP contribution is -2.29. The van der Waals surface area contributed by atoms with E-state index in [4.69, 9.17) is 4.74 Å². The van der Waals surface area contributed by atoms with Crippen LogP contribution in [0.3, 0.4) is 0 Å². The highest BCUT2D eigenvalue weighted by Gasteiger charge is 2.05. The second kappa shape index (κ2) is 5.19. The molecule has 0 unspecified atom stereocenters. The van der Waals surface area contributed by atoms with Crippen LogP contribution in [0.2, 0.25) is 0 Å². The number of carbonyl (C=O) groups is 1. The van der Waals surface area contributed by atoms with Gasteiger partial charge in [-0.05, 0) is 19.9 Å². The van der Waals surface area contributed by atoms with Gasteiger partial charge in [-0.15, -0.1) is 0 Å². The highest BCUT2D eigenvalue weighted by atomic mass is 16.6. The summed E-state index contributed by atoms with van der Waals surface area (Å²) in [5.41, 5.74) is 0.730. The van der Waals surface area contributed by atoms with Crippen molar-refractivity contribution >= 4 is 6.09 Å². The second-order valence-electron chi connectivity index (χ2n) is 3.38. The van der Waals surface area contributed by atoms with Gasteiger partial charge in [-0.2, -0.15) is 4.73 Å². The standard InChI is InChI=1S/C10H14N2O3/c1-8(2)15-10(13)11-6-9-4-3-5-12(14)7-9/h3-5,7-8H,6H2,1-2H3,(H,11,13). The largest absolute Gasteiger partial charge is 0.619 e. The zero-order valence-corrected chi connectivity index (χ0v) is 8.77. The molecule has 82 valence electrons. The molecular formula is C10H14N2O3. The Bertz CT molecular complexity index is 339. The van der Waals surface area contributed by atoms with Crippen LogP contribution in [0.5, 0.6) is 0 Å². The normalized spacial score (nSPS) is 10.1. The lowest BCUT2D eigenvalue weighted by Gasteiger charge is -2.08. The molecule has 0 bridgehead atoms. The molecule has 0 fully saturated rings. The SMILES string of the molecule is CC(C)OC(=O)NCc1ccc[n+]([O-])c1. The van der Waals surface area contributed by atoms with E-state index in [1.165, 1.54) is 12.4 Å². The first-order valence-corrected chi connectivity index (χ1v) is 4.70. The summed E-state index contributed by atoms with van der Waals surface area (Å²) in [6.45, 7) is 3.83. The molecule has 1 rings (SSSR count). The summed E-state index contributed by atoms with van der Waals surface area (Å²) < 4.78 is 5.55. The quantitative estimate of drug-likeness (QED) is 0.596. The van der Waals surface area contributed by atoms with E-state index in [1.54, 1.807) is 26.0 Å². The number of carbonyl (C=O) groups excluding carboxylic acids is 1. The van der Waals surface area contributed by atoms with E-state index in [0.717, 1.165) is 5.56 Å². The van der Waals surface area contributed by atoms with Crippen LogP contribution in [0.15, 0.2) is 24.5 Å². The minimum atomic E-state index is -0.480. The molecule has 5 heteroatoms. The maximum Gasteiger partial charge on any atom is 0.407 e. The number of hydrogen-bond donors (Lipinski definition) is 1. The van der Waals surface area contributed by atoms with Gasteiger partial charge in [-0.1, -0.05) is 0 Å². The predicted octanol–water partition coefficient (Wildman–Crippen LogP) is 0.955. The average molecular weight is 210 g/mol. The molecule has 0 aliphatic carbocycles.